The lowest BCUT2D eigenvalue weighted by atomic mass is 9.71. The first-order valence-corrected chi connectivity index (χ1v) is 8.20. The first-order chi connectivity index (χ1) is 10.7. The predicted octanol–water partition coefficient (Wildman–Crippen LogP) is -0.802. The van der Waals surface area contributed by atoms with Crippen LogP contribution in [0.3, 0.4) is 0 Å². The Kier molecular flexibility index (Phi) is 4.32. The minimum Gasteiger partial charge on any atom is -0.394 e. The van der Waals surface area contributed by atoms with Crippen molar-refractivity contribution < 1.29 is 34.7 Å². The molecule has 7 nitrogen and oxygen atoms in total. The Hall–Kier alpha value is -0.570. The van der Waals surface area contributed by atoms with Crippen LogP contribution in [-0.4, -0.2) is 70.1 Å². The zero-order chi connectivity index (χ0) is 17.0. The molecule has 2 bridgehead atoms. The van der Waals surface area contributed by atoms with Crippen LogP contribution in [-0.2, 0) is 14.3 Å². The molecule has 23 heavy (non-hydrogen) atoms. The molecule has 3 fully saturated rings. The van der Waals surface area contributed by atoms with E-state index in [1.54, 1.807) is 0 Å². The molecular formula is C16H26O7. The number of hydrogen-bond acceptors (Lipinski definition) is 7. The van der Waals surface area contributed by atoms with Gasteiger partial charge in [-0.3, -0.25) is 4.79 Å². The number of Topliss-reactive ketones (excluding diaryl/α,β-unsaturated/α-hetero) is 1. The Bertz CT molecular complexity index is 477. The summed E-state index contributed by atoms with van der Waals surface area (Å²) in [5.41, 5.74) is -0.899. The van der Waals surface area contributed by atoms with Crippen LogP contribution >= 0.6 is 0 Å². The second-order valence-corrected chi connectivity index (χ2v) is 7.78. The van der Waals surface area contributed by atoms with Gasteiger partial charge in [0.2, 0.25) is 0 Å². The van der Waals surface area contributed by atoms with E-state index in [0.29, 0.717) is 5.92 Å². The van der Waals surface area contributed by atoms with Crippen LogP contribution in [0.1, 0.15) is 33.1 Å². The minimum atomic E-state index is -1.46. The van der Waals surface area contributed by atoms with Crippen molar-refractivity contribution in [3.63, 3.8) is 0 Å². The molecule has 1 aliphatic heterocycles. The summed E-state index contributed by atoms with van der Waals surface area (Å²) >= 11 is 0. The molecule has 1 heterocycles. The highest BCUT2D eigenvalue weighted by atomic mass is 16.7. The molecule has 4 N–H and O–H groups in total. The van der Waals surface area contributed by atoms with Gasteiger partial charge in [0.15, 0.2) is 6.29 Å². The van der Waals surface area contributed by atoms with Crippen molar-refractivity contribution in [3.05, 3.63) is 0 Å². The molecule has 2 aliphatic carbocycles. The molecule has 2 saturated carbocycles. The quantitative estimate of drug-likeness (QED) is 0.533. The zero-order valence-electron chi connectivity index (χ0n) is 13.5. The molecule has 1 saturated heterocycles. The topological polar surface area (TPSA) is 116 Å². The van der Waals surface area contributed by atoms with Gasteiger partial charge in [-0.2, -0.15) is 0 Å². The van der Waals surface area contributed by atoms with Gasteiger partial charge < -0.3 is 29.9 Å². The second-order valence-electron chi connectivity index (χ2n) is 7.78. The van der Waals surface area contributed by atoms with Crippen LogP contribution in [0.25, 0.3) is 0 Å². The van der Waals surface area contributed by atoms with Crippen molar-refractivity contribution in [1.82, 2.24) is 0 Å². The predicted molar refractivity (Wildman–Crippen MR) is 78.3 cm³/mol. The smallest absolute Gasteiger partial charge is 0.186 e. The minimum absolute atomic E-state index is 0.119. The van der Waals surface area contributed by atoms with Gasteiger partial charge in [0, 0.05) is 5.41 Å². The number of carbonyl (C=O) groups is 1. The second kappa shape index (κ2) is 5.75. The van der Waals surface area contributed by atoms with Crippen LogP contribution in [0.15, 0.2) is 0 Å². The van der Waals surface area contributed by atoms with Crippen molar-refractivity contribution in [2.24, 2.45) is 16.7 Å². The van der Waals surface area contributed by atoms with E-state index in [2.05, 4.69) is 0 Å². The van der Waals surface area contributed by atoms with E-state index in [1.165, 1.54) is 0 Å². The molecule has 0 aromatic heterocycles. The highest BCUT2D eigenvalue weighted by molar-refractivity contribution is 5.93. The van der Waals surface area contributed by atoms with Gasteiger partial charge in [0.05, 0.1) is 18.6 Å². The third kappa shape index (κ3) is 2.54. The van der Waals surface area contributed by atoms with E-state index in [-0.39, 0.29) is 17.8 Å². The average molecular weight is 330 g/mol. The number of aliphatic hydroxyl groups excluding tert-OH is 4. The summed E-state index contributed by atoms with van der Waals surface area (Å²) in [6.45, 7) is 3.56. The van der Waals surface area contributed by atoms with E-state index in [0.717, 1.165) is 19.3 Å². The molecule has 7 atom stereocenters. The zero-order valence-corrected chi connectivity index (χ0v) is 13.5. The molecule has 7 heteroatoms. The van der Waals surface area contributed by atoms with Crippen LogP contribution in [0.2, 0.25) is 0 Å². The van der Waals surface area contributed by atoms with Crippen molar-refractivity contribution in [3.8, 4) is 0 Å². The Morgan fingerprint density at radius 1 is 1.22 bits per heavy atom. The fourth-order valence-corrected chi connectivity index (χ4v) is 4.46. The molecule has 0 unspecified atom stereocenters. The maximum atomic E-state index is 12.7. The van der Waals surface area contributed by atoms with Crippen LogP contribution in [0, 0.1) is 16.7 Å². The van der Waals surface area contributed by atoms with E-state index in [1.807, 2.05) is 13.8 Å². The molecular weight excluding hydrogens is 304 g/mol. The highest BCUT2D eigenvalue weighted by Crippen LogP contribution is 2.60. The lowest BCUT2D eigenvalue weighted by Gasteiger charge is -2.41. The van der Waals surface area contributed by atoms with E-state index in [9.17, 15) is 25.2 Å². The maximum absolute atomic E-state index is 12.7. The summed E-state index contributed by atoms with van der Waals surface area (Å²) < 4.78 is 11.0. The van der Waals surface area contributed by atoms with Gasteiger partial charge in [0.25, 0.3) is 0 Å². The first kappa shape index (κ1) is 17.3. The van der Waals surface area contributed by atoms with Crippen LogP contribution < -0.4 is 0 Å². The lowest BCUT2D eigenvalue weighted by Crippen LogP contribution is -2.59. The van der Waals surface area contributed by atoms with Gasteiger partial charge in [-0.25, -0.2) is 0 Å². The number of ether oxygens (including phenoxy) is 2. The van der Waals surface area contributed by atoms with Crippen molar-refractivity contribution in [2.75, 3.05) is 13.2 Å². The largest absolute Gasteiger partial charge is 0.394 e. The maximum Gasteiger partial charge on any atom is 0.186 e. The van der Waals surface area contributed by atoms with Gasteiger partial charge in [-0.15, -0.1) is 0 Å². The van der Waals surface area contributed by atoms with Gasteiger partial charge in [0.1, 0.15) is 30.2 Å². The molecule has 3 rings (SSSR count). The average Bonchev–Trinajstić information content (AvgIpc) is 3.03. The van der Waals surface area contributed by atoms with Gasteiger partial charge >= 0.3 is 0 Å². The standard InChI is InChI=1S/C16H26O7/c1-15(2)8-3-4-16(5-8,14(15)21)7-22-13-12(20)11(19)10(18)9(6-17)23-13/h8-13,17-20H,3-7H2,1-2H3/t8-,9-,10-,11+,12-,13-,16+/m1/s1. The summed E-state index contributed by atoms with van der Waals surface area (Å²) in [6, 6.07) is 0. The van der Waals surface area contributed by atoms with E-state index >= 15 is 0 Å². The molecule has 0 aromatic rings. The van der Waals surface area contributed by atoms with Crippen molar-refractivity contribution in [2.45, 2.75) is 63.8 Å². The number of carbonyl (C=O) groups excluding carboxylic acids is 1. The van der Waals surface area contributed by atoms with Gasteiger partial charge in [-0.05, 0) is 25.2 Å². The summed E-state index contributed by atoms with van der Waals surface area (Å²) in [5, 5.41) is 38.7. The molecule has 0 spiro atoms. The molecule has 0 amide bonds. The summed E-state index contributed by atoms with van der Waals surface area (Å²) in [4.78, 5) is 12.7. The molecule has 3 aliphatic rings. The monoisotopic (exact) mass is 330 g/mol. The summed E-state index contributed by atoms with van der Waals surface area (Å²) in [6.07, 6.45) is -3.94. The fraction of sp³-hybridized carbons (Fsp3) is 0.938. The molecule has 132 valence electrons. The third-order valence-electron chi connectivity index (χ3n) is 6.07. The fourth-order valence-electron chi connectivity index (χ4n) is 4.46. The van der Waals surface area contributed by atoms with Crippen molar-refractivity contribution >= 4 is 5.78 Å². The summed E-state index contributed by atoms with van der Waals surface area (Å²) in [7, 11) is 0. The SMILES string of the molecule is CC1(C)C(=O)[C@@]2(CO[C@@H]3O[C@H](CO)[C@@H](O)[C@H](O)[C@H]3O)CC[C@@H]1C2. The van der Waals surface area contributed by atoms with E-state index in [4.69, 9.17) is 9.47 Å². The molecule has 0 radical (unpaired) electrons. The van der Waals surface area contributed by atoms with Crippen molar-refractivity contribution in [1.29, 1.82) is 0 Å². The van der Waals surface area contributed by atoms with Crippen LogP contribution in [0.4, 0.5) is 0 Å². The van der Waals surface area contributed by atoms with E-state index < -0.39 is 42.7 Å². The Balaban J connectivity index is 1.67. The lowest BCUT2D eigenvalue weighted by molar-refractivity contribution is -0.305. The Morgan fingerprint density at radius 3 is 2.48 bits per heavy atom. The Labute approximate surface area is 135 Å². The normalized spacial score (nSPS) is 48.9. The number of hydrogen-bond donors (Lipinski definition) is 4. The first-order valence-electron chi connectivity index (χ1n) is 8.20. The van der Waals surface area contributed by atoms with Gasteiger partial charge in [-0.1, -0.05) is 13.8 Å². The highest BCUT2D eigenvalue weighted by Gasteiger charge is 2.62. The number of ketones is 1. The number of rotatable bonds is 4. The third-order valence-corrected chi connectivity index (χ3v) is 6.07. The molecule has 0 aromatic carbocycles. The Morgan fingerprint density at radius 2 is 1.91 bits per heavy atom. The number of aliphatic hydroxyl groups is 4. The summed E-state index contributed by atoms with van der Waals surface area (Å²) in [5.74, 6) is 0.541. The van der Waals surface area contributed by atoms with Crippen LogP contribution in [0.5, 0.6) is 0 Å². The number of fused-ring (bicyclic) bond motifs is 2.